The molecule has 5 nitrogen and oxygen atoms in total. The second-order valence-electron chi connectivity index (χ2n) is 4.52. The van der Waals surface area contributed by atoms with Gasteiger partial charge in [0.25, 0.3) is 5.69 Å². The third-order valence-corrected chi connectivity index (χ3v) is 4.99. The third-order valence-electron chi connectivity index (χ3n) is 2.96. The number of hydrogen-bond donors (Lipinski definition) is 0. The highest BCUT2D eigenvalue weighted by molar-refractivity contribution is 8.05. The monoisotopic (exact) mass is 339 g/mol. The van der Waals surface area contributed by atoms with Crippen LogP contribution in [0.15, 0.2) is 57.8 Å². The highest BCUT2D eigenvalue weighted by Crippen LogP contribution is 2.34. The van der Waals surface area contributed by atoms with Gasteiger partial charge in [0, 0.05) is 12.1 Å². The second kappa shape index (κ2) is 6.60. The van der Waals surface area contributed by atoms with E-state index in [1.165, 1.54) is 35.2 Å². The fourth-order valence-electron chi connectivity index (χ4n) is 1.95. The van der Waals surface area contributed by atoms with Gasteiger partial charge in [-0.05, 0) is 35.5 Å². The molecule has 1 heterocycles. The minimum atomic E-state index is -0.454. The minimum absolute atomic E-state index is 0.000951. The van der Waals surface area contributed by atoms with Gasteiger partial charge in [-0.1, -0.05) is 24.3 Å². The lowest BCUT2D eigenvalue weighted by Crippen LogP contribution is -1.87. The van der Waals surface area contributed by atoms with Gasteiger partial charge in [-0.3, -0.25) is 10.1 Å². The van der Waals surface area contributed by atoms with E-state index in [9.17, 15) is 15.4 Å². The second-order valence-corrected chi connectivity index (χ2v) is 6.84. The zero-order chi connectivity index (χ0) is 16.2. The molecule has 2 aromatic carbocycles. The number of nitro groups is 1. The Morgan fingerprint density at radius 3 is 2.87 bits per heavy atom. The molecule has 0 atom stereocenters. The van der Waals surface area contributed by atoms with Gasteiger partial charge < -0.3 is 0 Å². The normalized spacial score (nSPS) is 11.3. The first-order chi connectivity index (χ1) is 11.2. The number of non-ortho nitro benzene ring substituents is 1. The van der Waals surface area contributed by atoms with Crippen molar-refractivity contribution >= 4 is 45.1 Å². The molecule has 0 aliphatic rings. The zero-order valence-electron chi connectivity index (χ0n) is 11.7. The number of thioether (sulfide) groups is 1. The van der Waals surface area contributed by atoms with E-state index < -0.39 is 4.92 Å². The van der Waals surface area contributed by atoms with Crippen LogP contribution in [0.3, 0.4) is 0 Å². The van der Waals surface area contributed by atoms with E-state index in [4.69, 9.17) is 0 Å². The molecule has 0 aliphatic carbocycles. The van der Waals surface area contributed by atoms with Crippen molar-refractivity contribution in [1.29, 1.82) is 5.26 Å². The first-order valence-corrected chi connectivity index (χ1v) is 8.19. The molecule has 0 amide bonds. The predicted octanol–water partition coefficient (Wildman–Crippen LogP) is 4.86. The summed E-state index contributed by atoms with van der Waals surface area (Å²) < 4.78 is 1.83. The van der Waals surface area contributed by atoms with Crippen LogP contribution in [-0.2, 0) is 0 Å². The van der Waals surface area contributed by atoms with Crippen LogP contribution < -0.4 is 0 Å². The van der Waals surface area contributed by atoms with Gasteiger partial charge in [-0.2, -0.15) is 5.26 Å². The molecular formula is C16H9N3O2S2. The minimum Gasteiger partial charge on any atom is -0.258 e. The Morgan fingerprint density at radius 2 is 2.13 bits per heavy atom. The first kappa shape index (κ1) is 15.2. The molecular weight excluding hydrogens is 330 g/mol. The molecule has 0 saturated carbocycles. The molecule has 7 heteroatoms. The van der Waals surface area contributed by atoms with Gasteiger partial charge in [-0.15, -0.1) is 11.3 Å². The first-order valence-electron chi connectivity index (χ1n) is 6.55. The van der Waals surface area contributed by atoms with E-state index in [1.807, 2.05) is 24.3 Å². The predicted molar refractivity (Wildman–Crippen MR) is 92.2 cm³/mol. The van der Waals surface area contributed by atoms with Crippen molar-refractivity contribution < 1.29 is 4.92 Å². The van der Waals surface area contributed by atoms with Crippen LogP contribution in [0, 0.1) is 21.4 Å². The molecule has 112 valence electrons. The molecule has 0 spiro atoms. The van der Waals surface area contributed by atoms with Crippen molar-refractivity contribution in [2.75, 3.05) is 0 Å². The smallest absolute Gasteiger partial charge is 0.258 e. The molecule has 1 aromatic heterocycles. The maximum Gasteiger partial charge on any atom is 0.270 e. The van der Waals surface area contributed by atoms with E-state index in [-0.39, 0.29) is 5.69 Å². The third kappa shape index (κ3) is 3.56. The Morgan fingerprint density at radius 1 is 1.30 bits per heavy atom. The van der Waals surface area contributed by atoms with Crippen molar-refractivity contribution in [2.45, 2.75) is 4.34 Å². The average molecular weight is 339 g/mol. The van der Waals surface area contributed by atoms with Gasteiger partial charge in [0.05, 0.1) is 20.0 Å². The Bertz CT molecular complexity index is 924. The maximum atomic E-state index is 10.8. The number of aromatic nitrogens is 1. The highest BCUT2D eigenvalue weighted by Gasteiger charge is 2.09. The Hall–Kier alpha value is -2.69. The summed E-state index contributed by atoms with van der Waals surface area (Å²) in [6.45, 7) is 0. The van der Waals surface area contributed by atoms with E-state index in [1.54, 1.807) is 18.2 Å². The molecule has 0 saturated heterocycles. The lowest BCUT2D eigenvalue weighted by atomic mass is 10.2. The Balaban J connectivity index is 1.89. The molecule has 3 rings (SSSR count). The van der Waals surface area contributed by atoms with Gasteiger partial charge in [0.1, 0.15) is 6.07 Å². The maximum absolute atomic E-state index is 10.8. The van der Waals surface area contributed by atoms with E-state index in [0.29, 0.717) is 10.5 Å². The van der Waals surface area contributed by atoms with Crippen LogP contribution in [0.4, 0.5) is 5.69 Å². The molecule has 0 radical (unpaired) electrons. The number of fused-ring (bicyclic) bond motifs is 1. The fraction of sp³-hybridized carbons (Fsp3) is 0. The summed E-state index contributed by atoms with van der Waals surface area (Å²) in [4.78, 5) is 15.3. The largest absolute Gasteiger partial charge is 0.270 e. The standard InChI is InChI=1S/C16H9N3O2S2/c17-10-13(9-11-4-3-5-12(8-11)19(20)21)22-16-18-14-6-1-2-7-15(14)23-16/h1-9H/b13-9+. The van der Waals surface area contributed by atoms with Gasteiger partial charge in [0.2, 0.25) is 0 Å². The molecule has 0 aliphatic heterocycles. The molecule has 0 N–H and O–H groups in total. The van der Waals surface area contributed by atoms with Crippen LogP contribution >= 0.6 is 23.1 Å². The van der Waals surface area contributed by atoms with Crippen LogP contribution in [0.5, 0.6) is 0 Å². The lowest BCUT2D eigenvalue weighted by molar-refractivity contribution is -0.384. The van der Waals surface area contributed by atoms with E-state index in [2.05, 4.69) is 11.1 Å². The number of benzene rings is 2. The number of nitro benzene ring substituents is 1. The van der Waals surface area contributed by atoms with E-state index in [0.717, 1.165) is 14.6 Å². The zero-order valence-corrected chi connectivity index (χ0v) is 13.3. The van der Waals surface area contributed by atoms with Gasteiger partial charge in [-0.25, -0.2) is 4.98 Å². The summed E-state index contributed by atoms with van der Waals surface area (Å²) in [6, 6.07) is 16.1. The number of thiazole rings is 1. The number of allylic oxidation sites excluding steroid dienone is 1. The van der Waals surface area contributed by atoms with E-state index >= 15 is 0 Å². The number of para-hydroxylation sites is 1. The number of nitriles is 1. The van der Waals surface area contributed by atoms with Crippen molar-refractivity contribution in [1.82, 2.24) is 4.98 Å². The summed E-state index contributed by atoms with van der Waals surface area (Å²) in [5, 5.41) is 20.1. The van der Waals surface area contributed by atoms with Crippen LogP contribution in [-0.4, -0.2) is 9.91 Å². The van der Waals surface area contributed by atoms with Crippen LogP contribution in [0.1, 0.15) is 5.56 Å². The van der Waals surface area contributed by atoms with Crippen molar-refractivity contribution in [3.63, 3.8) is 0 Å². The molecule has 0 fully saturated rings. The molecule has 23 heavy (non-hydrogen) atoms. The van der Waals surface area contributed by atoms with Gasteiger partial charge in [0.15, 0.2) is 4.34 Å². The number of rotatable bonds is 4. The number of nitrogens with zero attached hydrogens (tertiary/aromatic N) is 3. The fourth-order valence-corrected chi connectivity index (χ4v) is 3.93. The summed E-state index contributed by atoms with van der Waals surface area (Å²) in [5.74, 6) is 0. The molecule has 3 aromatic rings. The summed E-state index contributed by atoms with van der Waals surface area (Å²) in [6.07, 6.45) is 1.63. The van der Waals surface area contributed by atoms with Crippen LogP contribution in [0.25, 0.3) is 16.3 Å². The quantitative estimate of drug-likeness (QED) is 0.293. The average Bonchev–Trinajstić information content (AvgIpc) is 2.96. The summed E-state index contributed by atoms with van der Waals surface area (Å²) in [5.41, 5.74) is 1.51. The van der Waals surface area contributed by atoms with Crippen molar-refractivity contribution in [3.8, 4) is 6.07 Å². The van der Waals surface area contributed by atoms with Crippen molar-refractivity contribution in [2.24, 2.45) is 0 Å². The molecule has 0 bridgehead atoms. The SMILES string of the molecule is N#C/C(=C\c1cccc([N+](=O)[O-])c1)Sc1nc2ccccc2s1. The van der Waals surface area contributed by atoms with Gasteiger partial charge >= 0.3 is 0 Å². The molecule has 0 unspecified atom stereocenters. The Labute approximate surface area is 140 Å². The highest BCUT2D eigenvalue weighted by atomic mass is 32.2. The lowest BCUT2D eigenvalue weighted by Gasteiger charge is -1.97. The number of hydrogen-bond acceptors (Lipinski definition) is 6. The van der Waals surface area contributed by atoms with Crippen molar-refractivity contribution in [3.05, 3.63) is 69.1 Å². The summed E-state index contributed by atoms with van der Waals surface area (Å²) in [7, 11) is 0. The van der Waals surface area contributed by atoms with Crippen LogP contribution in [0.2, 0.25) is 0 Å². The summed E-state index contributed by atoms with van der Waals surface area (Å²) >= 11 is 2.77. The topological polar surface area (TPSA) is 79.8 Å². The Kier molecular flexibility index (Phi) is 4.37.